The Morgan fingerprint density at radius 3 is 2.39 bits per heavy atom. The van der Waals surface area contributed by atoms with E-state index in [0.717, 1.165) is 30.3 Å². The molecule has 1 heterocycles. The van der Waals surface area contributed by atoms with Crippen LogP contribution in [0.5, 0.6) is 0 Å². The summed E-state index contributed by atoms with van der Waals surface area (Å²) in [5, 5.41) is 0. The zero-order valence-electron chi connectivity index (χ0n) is 11.8. The predicted molar refractivity (Wildman–Crippen MR) is 76.4 cm³/mol. The maximum Gasteiger partial charge on any atom is 0.0124 e. The molecule has 0 aromatic heterocycles. The molecule has 0 bridgehead atoms. The monoisotopic (exact) mass is 250 g/mol. The van der Waals surface area contributed by atoms with Gasteiger partial charge in [0.2, 0.25) is 0 Å². The van der Waals surface area contributed by atoms with Gasteiger partial charge in [-0.3, -0.25) is 4.90 Å². The van der Waals surface area contributed by atoms with E-state index in [-0.39, 0.29) is 0 Å². The van der Waals surface area contributed by atoms with Gasteiger partial charge in [0.25, 0.3) is 0 Å². The van der Waals surface area contributed by atoms with Crippen LogP contribution in [0.4, 0.5) is 0 Å². The fourth-order valence-corrected chi connectivity index (χ4v) is 4.92. The van der Waals surface area contributed by atoms with E-state index < -0.39 is 0 Å². The molecule has 0 aromatic carbocycles. The molecule has 104 valence electrons. The van der Waals surface area contributed by atoms with E-state index in [1.807, 2.05) is 0 Å². The van der Waals surface area contributed by atoms with Crippen molar-refractivity contribution in [2.24, 2.45) is 23.5 Å². The van der Waals surface area contributed by atoms with E-state index >= 15 is 0 Å². The molecular formula is C16H30N2. The highest BCUT2D eigenvalue weighted by molar-refractivity contribution is 4.90. The Morgan fingerprint density at radius 1 is 0.833 bits per heavy atom. The van der Waals surface area contributed by atoms with E-state index in [2.05, 4.69) is 4.90 Å². The average Bonchev–Trinajstić information content (AvgIpc) is 3.09. The van der Waals surface area contributed by atoms with Crippen LogP contribution < -0.4 is 5.73 Å². The van der Waals surface area contributed by atoms with Gasteiger partial charge in [-0.2, -0.15) is 0 Å². The molecule has 1 saturated heterocycles. The van der Waals surface area contributed by atoms with Gasteiger partial charge in [-0.15, -0.1) is 0 Å². The summed E-state index contributed by atoms with van der Waals surface area (Å²) in [7, 11) is 0. The van der Waals surface area contributed by atoms with E-state index in [1.54, 1.807) is 0 Å². The second-order valence-electron chi connectivity index (χ2n) is 6.94. The topological polar surface area (TPSA) is 29.3 Å². The van der Waals surface area contributed by atoms with Crippen LogP contribution in [0.15, 0.2) is 0 Å². The molecule has 0 radical (unpaired) electrons. The van der Waals surface area contributed by atoms with Crippen LogP contribution in [-0.2, 0) is 0 Å². The van der Waals surface area contributed by atoms with Gasteiger partial charge in [0.15, 0.2) is 0 Å². The minimum atomic E-state index is 0.829. The van der Waals surface area contributed by atoms with Crippen LogP contribution in [0.1, 0.15) is 57.8 Å². The van der Waals surface area contributed by atoms with Crippen molar-refractivity contribution in [1.29, 1.82) is 0 Å². The summed E-state index contributed by atoms with van der Waals surface area (Å²) in [6.07, 6.45) is 13.2. The smallest absolute Gasteiger partial charge is 0.0124 e. The van der Waals surface area contributed by atoms with Crippen LogP contribution in [0.25, 0.3) is 0 Å². The van der Waals surface area contributed by atoms with Crippen molar-refractivity contribution in [3.05, 3.63) is 0 Å². The van der Waals surface area contributed by atoms with Gasteiger partial charge in [0.05, 0.1) is 0 Å². The molecule has 3 fully saturated rings. The molecule has 1 aliphatic heterocycles. The molecule has 0 amide bonds. The zero-order chi connectivity index (χ0) is 12.4. The first-order chi connectivity index (χ1) is 8.88. The highest BCUT2D eigenvalue weighted by atomic mass is 15.2. The molecule has 2 nitrogen and oxygen atoms in total. The Balaban J connectivity index is 1.57. The van der Waals surface area contributed by atoms with Crippen molar-refractivity contribution in [1.82, 2.24) is 4.90 Å². The number of hydrogen-bond donors (Lipinski definition) is 1. The van der Waals surface area contributed by atoms with Crippen molar-refractivity contribution in [3.8, 4) is 0 Å². The summed E-state index contributed by atoms with van der Waals surface area (Å²) in [4.78, 5) is 2.86. The van der Waals surface area contributed by atoms with Crippen LogP contribution >= 0.6 is 0 Å². The van der Waals surface area contributed by atoms with Crippen LogP contribution in [0.2, 0.25) is 0 Å². The molecule has 2 N–H and O–H groups in total. The lowest BCUT2D eigenvalue weighted by atomic mass is 9.92. The number of likely N-dealkylation sites (tertiary alicyclic amines) is 1. The molecule has 0 spiro atoms. The SMILES string of the molecule is NCC1CCCC1CN1CCCC1C1CCCC1. The van der Waals surface area contributed by atoms with Crippen LogP contribution in [0, 0.1) is 17.8 Å². The molecule has 3 atom stereocenters. The molecule has 3 unspecified atom stereocenters. The number of hydrogen-bond acceptors (Lipinski definition) is 2. The second kappa shape index (κ2) is 5.92. The highest BCUT2D eigenvalue weighted by Gasteiger charge is 2.36. The third-order valence-electron chi connectivity index (χ3n) is 5.95. The summed E-state index contributed by atoms with van der Waals surface area (Å²) in [5.41, 5.74) is 5.94. The summed E-state index contributed by atoms with van der Waals surface area (Å²) in [6, 6.07) is 0.937. The van der Waals surface area contributed by atoms with Crippen molar-refractivity contribution in [3.63, 3.8) is 0 Å². The van der Waals surface area contributed by atoms with Gasteiger partial charge in [0, 0.05) is 12.6 Å². The summed E-state index contributed by atoms with van der Waals surface area (Å²) >= 11 is 0. The van der Waals surface area contributed by atoms with Gasteiger partial charge < -0.3 is 5.73 Å². The molecule has 2 aliphatic carbocycles. The fraction of sp³-hybridized carbons (Fsp3) is 1.00. The maximum absolute atomic E-state index is 5.94. The summed E-state index contributed by atoms with van der Waals surface area (Å²) in [6.45, 7) is 3.66. The molecular weight excluding hydrogens is 220 g/mol. The minimum absolute atomic E-state index is 0.829. The maximum atomic E-state index is 5.94. The highest BCUT2D eigenvalue weighted by Crippen LogP contribution is 2.38. The first-order valence-electron chi connectivity index (χ1n) is 8.32. The third kappa shape index (κ3) is 2.60. The second-order valence-corrected chi connectivity index (χ2v) is 6.94. The summed E-state index contributed by atoms with van der Waals surface area (Å²) < 4.78 is 0. The molecule has 0 aromatic rings. The lowest BCUT2D eigenvalue weighted by Gasteiger charge is -2.33. The lowest BCUT2D eigenvalue weighted by molar-refractivity contribution is 0.151. The first-order valence-corrected chi connectivity index (χ1v) is 8.32. The van der Waals surface area contributed by atoms with Gasteiger partial charge in [-0.1, -0.05) is 19.3 Å². The molecule has 2 heteroatoms. The van der Waals surface area contributed by atoms with Gasteiger partial charge in [-0.25, -0.2) is 0 Å². The normalized spacial score (nSPS) is 38.8. The molecule has 3 rings (SSSR count). The van der Waals surface area contributed by atoms with Gasteiger partial charge >= 0.3 is 0 Å². The Hall–Kier alpha value is -0.0800. The van der Waals surface area contributed by atoms with Crippen molar-refractivity contribution < 1.29 is 0 Å². The minimum Gasteiger partial charge on any atom is -0.330 e. The largest absolute Gasteiger partial charge is 0.330 e. The fourth-order valence-electron chi connectivity index (χ4n) is 4.92. The van der Waals surface area contributed by atoms with Gasteiger partial charge in [-0.05, 0) is 69.4 Å². The summed E-state index contributed by atoms with van der Waals surface area (Å²) in [5.74, 6) is 2.78. The molecule has 3 aliphatic rings. The van der Waals surface area contributed by atoms with Crippen molar-refractivity contribution in [2.45, 2.75) is 63.8 Å². The Kier molecular flexibility index (Phi) is 4.25. The van der Waals surface area contributed by atoms with E-state index in [1.165, 1.54) is 70.9 Å². The first kappa shape index (κ1) is 12.9. The number of nitrogens with two attached hydrogens (primary N) is 1. The van der Waals surface area contributed by atoms with Crippen molar-refractivity contribution in [2.75, 3.05) is 19.6 Å². The standard InChI is InChI=1S/C16H30N2/c17-11-14-7-3-8-15(14)12-18-10-4-9-16(18)13-5-1-2-6-13/h13-16H,1-12,17H2. The molecule has 2 saturated carbocycles. The Labute approximate surface area is 112 Å². The van der Waals surface area contributed by atoms with Gasteiger partial charge in [0.1, 0.15) is 0 Å². The predicted octanol–water partition coefficient (Wildman–Crippen LogP) is 3.02. The van der Waals surface area contributed by atoms with Crippen LogP contribution in [-0.4, -0.2) is 30.6 Å². The number of rotatable bonds is 4. The van der Waals surface area contributed by atoms with E-state index in [4.69, 9.17) is 5.73 Å². The third-order valence-corrected chi connectivity index (χ3v) is 5.95. The van der Waals surface area contributed by atoms with Crippen LogP contribution in [0.3, 0.4) is 0 Å². The van der Waals surface area contributed by atoms with Crippen molar-refractivity contribution >= 4 is 0 Å². The number of nitrogens with zero attached hydrogens (tertiary/aromatic N) is 1. The Bertz CT molecular complexity index is 260. The van der Waals surface area contributed by atoms with E-state index in [0.29, 0.717) is 0 Å². The average molecular weight is 250 g/mol. The zero-order valence-corrected chi connectivity index (χ0v) is 11.8. The Morgan fingerprint density at radius 2 is 1.61 bits per heavy atom. The molecule has 18 heavy (non-hydrogen) atoms. The quantitative estimate of drug-likeness (QED) is 0.831. The lowest BCUT2D eigenvalue weighted by Crippen LogP contribution is -2.39. The van der Waals surface area contributed by atoms with E-state index in [9.17, 15) is 0 Å².